The van der Waals surface area contributed by atoms with Gasteiger partial charge in [0.1, 0.15) is 11.3 Å². The van der Waals surface area contributed by atoms with Crippen molar-refractivity contribution in [2.24, 2.45) is 0 Å². The number of H-pyrrole nitrogens is 2. The Bertz CT molecular complexity index is 1130. The Morgan fingerprint density at radius 2 is 2.00 bits per heavy atom. The van der Waals surface area contributed by atoms with Gasteiger partial charge in [-0.1, -0.05) is 0 Å². The SMILES string of the molecule is Cc1nc(C)c(-c2cc3cc(CC(=O)c4n[nH]c(C)c4C)cnc3[nH]2)s1. The molecule has 4 aromatic heterocycles. The van der Waals surface area contributed by atoms with Crippen LogP contribution in [0.5, 0.6) is 0 Å². The molecule has 0 atom stereocenters. The van der Waals surface area contributed by atoms with Gasteiger partial charge in [-0.2, -0.15) is 5.10 Å². The van der Waals surface area contributed by atoms with E-state index in [2.05, 4.69) is 31.2 Å². The van der Waals surface area contributed by atoms with Crippen LogP contribution in [-0.2, 0) is 6.42 Å². The molecule has 4 heterocycles. The molecule has 2 N–H and O–H groups in total. The standard InChI is InChI=1S/C19H19N5OS/c1-9-10(2)23-24-17(9)16(25)6-13-5-14-7-15(22-19(14)20-8-13)18-11(3)21-12(4)26-18/h5,7-8H,6H2,1-4H3,(H,20,22)(H,23,24). The van der Waals surface area contributed by atoms with Crippen molar-refractivity contribution in [1.82, 2.24) is 25.1 Å². The summed E-state index contributed by atoms with van der Waals surface area (Å²) in [5.41, 5.74) is 6.06. The first-order valence-corrected chi connectivity index (χ1v) is 9.21. The maximum absolute atomic E-state index is 12.5. The van der Waals surface area contributed by atoms with Gasteiger partial charge in [0.05, 0.1) is 21.3 Å². The molecule has 0 saturated heterocycles. The molecule has 132 valence electrons. The second kappa shape index (κ2) is 6.17. The number of aromatic amines is 2. The van der Waals surface area contributed by atoms with Crippen LogP contribution in [0.15, 0.2) is 18.3 Å². The number of carbonyl (C=O) groups is 1. The summed E-state index contributed by atoms with van der Waals surface area (Å²) in [6, 6.07) is 4.08. The minimum Gasteiger partial charge on any atom is -0.339 e. The van der Waals surface area contributed by atoms with Crippen LogP contribution >= 0.6 is 11.3 Å². The van der Waals surface area contributed by atoms with E-state index in [4.69, 9.17) is 0 Å². The lowest BCUT2D eigenvalue weighted by atomic mass is 10.0. The third-order valence-corrected chi connectivity index (χ3v) is 5.66. The Kier molecular flexibility index (Phi) is 3.96. The summed E-state index contributed by atoms with van der Waals surface area (Å²) in [7, 11) is 0. The van der Waals surface area contributed by atoms with Crippen molar-refractivity contribution in [3.63, 3.8) is 0 Å². The van der Waals surface area contributed by atoms with Crippen molar-refractivity contribution in [2.45, 2.75) is 34.1 Å². The summed E-state index contributed by atoms with van der Waals surface area (Å²) in [4.78, 5) is 26.0. The minimum absolute atomic E-state index is 0.00214. The van der Waals surface area contributed by atoms with Gasteiger partial charge in [0.2, 0.25) is 0 Å². The van der Waals surface area contributed by atoms with Crippen LogP contribution in [0.4, 0.5) is 0 Å². The second-order valence-electron chi connectivity index (χ2n) is 6.53. The molecule has 0 aliphatic heterocycles. The summed E-state index contributed by atoms with van der Waals surface area (Å²) in [6.45, 7) is 7.84. The number of carbonyl (C=O) groups excluding carboxylic acids is 1. The van der Waals surface area contributed by atoms with Crippen LogP contribution in [0, 0.1) is 27.7 Å². The summed E-state index contributed by atoms with van der Waals surface area (Å²) in [5, 5.41) is 9.02. The fourth-order valence-electron chi connectivity index (χ4n) is 3.09. The molecule has 0 aliphatic rings. The highest BCUT2D eigenvalue weighted by Crippen LogP contribution is 2.31. The third kappa shape index (κ3) is 2.84. The summed E-state index contributed by atoms with van der Waals surface area (Å²) in [6.07, 6.45) is 2.04. The molecule has 0 saturated carbocycles. The molecule has 26 heavy (non-hydrogen) atoms. The molecule has 6 nitrogen and oxygen atoms in total. The highest BCUT2D eigenvalue weighted by atomic mass is 32.1. The van der Waals surface area contributed by atoms with Crippen LogP contribution in [-0.4, -0.2) is 30.9 Å². The van der Waals surface area contributed by atoms with E-state index < -0.39 is 0 Å². The lowest BCUT2D eigenvalue weighted by Gasteiger charge is -2.00. The second-order valence-corrected chi connectivity index (χ2v) is 7.74. The zero-order valence-corrected chi connectivity index (χ0v) is 15.9. The van der Waals surface area contributed by atoms with Gasteiger partial charge in [-0.05, 0) is 45.4 Å². The molecule has 7 heteroatoms. The molecule has 0 aromatic carbocycles. The number of hydrogen-bond acceptors (Lipinski definition) is 5. The van der Waals surface area contributed by atoms with Gasteiger partial charge in [-0.15, -0.1) is 11.3 Å². The number of nitrogens with one attached hydrogen (secondary N) is 2. The Balaban J connectivity index is 1.64. The number of fused-ring (bicyclic) bond motifs is 1. The van der Waals surface area contributed by atoms with Crippen LogP contribution < -0.4 is 0 Å². The van der Waals surface area contributed by atoms with Gasteiger partial charge in [0, 0.05) is 29.3 Å². The average molecular weight is 365 g/mol. The Morgan fingerprint density at radius 3 is 2.65 bits per heavy atom. The molecule has 0 radical (unpaired) electrons. The molecular weight excluding hydrogens is 346 g/mol. The smallest absolute Gasteiger partial charge is 0.187 e. The Morgan fingerprint density at radius 1 is 1.19 bits per heavy atom. The average Bonchev–Trinajstić information content (AvgIpc) is 3.25. The summed E-state index contributed by atoms with van der Waals surface area (Å²) in [5.74, 6) is -0.00214. The zero-order chi connectivity index (χ0) is 18.4. The summed E-state index contributed by atoms with van der Waals surface area (Å²) >= 11 is 1.66. The van der Waals surface area contributed by atoms with Crippen molar-refractivity contribution in [3.05, 3.63) is 51.5 Å². The molecule has 0 unspecified atom stereocenters. The quantitative estimate of drug-likeness (QED) is 0.534. The van der Waals surface area contributed by atoms with Crippen molar-refractivity contribution in [3.8, 4) is 10.6 Å². The van der Waals surface area contributed by atoms with Gasteiger partial charge in [-0.25, -0.2) is 9.97 Å². The molecule has 0 fully saturated rings. The van der Waals surface area contributed by atoms with Gasteiger partial charge in [-0.3, -0.25) is 9.89 Å². The number of aryl methyl sites for hydroxylation is 3. The largest absolute Gasteiger partial charge is 0.339 e. The van der Waals surface area contributed by atoms with E-state index in [1.807, 2.05) is 33.8 Å². The highest BCUT2D eigenvalue weighted by Gasteiger charge is 2.16. The highest BCUT2D eigenvalue weighted by molar-refractivity contribution is 7.15. The van der Waals surface area contributed by atoms with Crippen LogP contribution in [0.2, 0.25) is 0 Å². The third-order valence-electron chi connectivity index (χ3n) is 4.56. The molecule has 0 spiro atoms. The minimum atomic E-state index is -0.00214. The van der Waals surface area contributed by atoms with E-state index in [1.54, 1.807) is 17.5 Å². The first-order valence-electron chi connectivity index (χ1n) is 8.39. The van der Waals surface area contributed by atoms with Crippen LogP contribution in [0.3, 0.4) is 0 Å². The molecule has 0 amide bonds. The zero-order valence-electron chi connectivity index (χ0n) is 15.1. The first kappa shape index (κ1) is 16.7. The normalized spacial score (nSPS) is 11.4. The van der Waals surface area contributed by atoms with Crippen molar-refractivity contribution in [1.29, 1.82) is 0 Å². The molecule has 4 aromatic rings. The number of thiazole rings is 1. The summed E-state index contributed by atoms with van der Waals surface area (Å²) < 4.78 is 0. The maximum Gasteiger partial charge on any atom is 0.187 e. The monoisotopic (exact) mass is 365 g/mol. The van der Waals surface area contributed by atoms with Gasteiger partial charge >= 0.3 is 0 Å². The number of pyridine rings is 1. The van der Waals surface area contributed by atoms with Crippen molar-refractivity contribution >= 4 is 28.2 Å². The fourth-order valence-corrected chi connectivity index (χ4v) is 3.98. The fraction of sp³-hybridized carbons (Fsp3) is 0.263. The van der Waals surface area contributed by atoms with E-state index in [9.17, 15) is 4.79 Å². The lowest BCUT2D eigenvalue weighted by molar-refractivity contribution is 0.0987. The molecule has 0 aliphatic carbocycles. The van der Waals surface area contributed by atoms with Crippen molar-refractivity contribution in [2.75, 3.05) is 0 Å². The molecule has 4 rings (SSSR count). The van der Waals surface area contributed by atoms with Crippen LogP contribution in [0.1, 0.15) is 38.0 Å². The number of hydrogen-bond donors (Lipinski definition) is 2. The van der Waals surface area contributed by atoms with E-state index in [1.165, 1.54) is 0 Å². The predicted octanol–water partition coefficient (Wildman–Crippen LogP) is 4.07. The molecule has 0 bridgehead atoms. The number of rotatable bonds is 4. The van der Waals surface area contributed by atoms with Gasteiger partial charge < -0.3 is 4.98 Å². The van der Waals surface area contributed by atoms with E-state index in [0.717, 1.165) is 49.1 Å². The predicted molar refractivity (Wildman–Crippen MR) is 103 cm³/mol. The van der Waals surface area contributed by atoms with Crippen molar-refractivity contribution < 1.29 is 4.79 Å². The Labute approximate surface area is 154 Å². The number of nitrogens with zero attached hydrogens (tertiary/aromatic N) is 3. The lowest BCUT2D eigenvalue weighted by Crippen LogP contribution is -2.06. The van der Waals surface area contributed by atoms with Gasteiger partial charge in [0.25, 0.3) is 0 Å². The maximum atomic E-state index is 12.5. The van der Waals surface area contributed by atoms with E-state index in [0.29, 0.717) is 5.69 Å². The molecular formula is C19H19N5OS. The number of ketones is 1. The van der Waals surface area contributed by atoms with Crippen LogP contribution in [0.25, 0.3) is 21.6 Å². The number of Topliss-reactive ketones (excluding diaryl/α,β-unsaturated/α-hetero) is 1. The number of aromatic nitrogens is 5. The topological polar surface area (TPSA) is 87.3 Å². The van der Waals surface area contributed by atoms with E-state index in [-0.39, 0.29) is 12.2 Å². The Hall–Kier alpha value is -2.80. The van der Waals surface area contributed by atoms with E-state index >= 15 is 0 Å². The first-order chi connectivity index (χ1) is 12.4. The van der Waals surface area contributed by atoms with Gasteiger partial charge in [0.15, 0.2) is 5.78 Å².